The predicted octanol–water partition coefficient (Wildman–Crippen LogP) is 1.50. The maximum absolute atomic E-state index is 5.51. The molecule has 2 N–H and O–H groups in total. The molecule has 5 nitrogen and oxygen atoms in total. The van der Waals surface area contributed by atoms with Gasteiger partial charge in [0.15, 0.2) is 11.5 Å². The van der Waals surface area contributed by atoms with Crippen LogP contribution < -0.4 is 5.73 Å². The fourth-order valence-electron chi connectivity index (χ4n) is 0.807. The predicted molar refractivity (Wildman–Crippen MR) is 54.2 cm³/mol. The molecule has 2 heterocycles. The Morgan fingerprint density at radius 1 is 1.38 bits per heavy atom. The zero-order chi connectivity index (χ0) is 9.84. The van der Waals surface area contributed by atoms with Crippen molar-refractivity contribution >= 4 is 27.4 Å². The SMILES string of the molecule is CC.Nc1ncnn2c(Br)cnc12. The standard InChI is InChI=1S/C5H4BrN5.C2H6/c6-3-1-8-5-4(7)9-2-10-11(3)5;1-2/h1-2H,(H2,7,9,10);1-2H3. The average Bonchev–Trinajstić information content (AvgIpc) is 2.53. The van der Waals surface area contributed by atoms with Crippen LogP contribution in [0.1, 0.15) is 13.8 Å². The van der Waals surface area contributed by atoms with E-state index in [2.05, 4.69) is 31.0 Å². The minimum absolute atomic E-state index is 0.380. The topological polar surface area (TPSA) is 69.1 Å². The van der Waals surface area contributed by atoms with Crippen LogP contribution >= 0.6 is 15.9 Å². The summed E-state index contributed by atoms with van der Waals surface area (Å²) in [7, 11) is 0. The van der Waals surface area contributed by atoms with Crippen molar-refractivity contribution in [2.75, 3.05) is 5.73 Å². The molecule has 0 bridgehead atoms. The minimum atomic E-state index is 0.380. The van der Waals surface area contributed by atoms with Crippen LogP contribution in [-0.4, -0.2) is 19.6 Å². The third kappa shape index (κ3) is 1.77. The third-order valence-corrected chi connectivity index (χ3v) is 1.83. The lowest BCUT2D eigenvalue weighted by atomic mass is 10.7. The van der Waals surface area contributed by atoms with Gasteiger partial charge in [-0.2, -0.15) is 5.10 Å². The van der Waals surface area contributed by atoms with E-state index in [0.29, 0.717) is 11.5 Å². The lowest BCUT2D eigenvalue weighted by Gasteiger charge is -1.93. The minimum Gasteiger partial charge on any atom is -0.381 e. The van der Waals surface area contributed by atoms with Crippen molar-refractivity contribution in [3.05, 3.63) is 17.1 Å². The Balaban J connectivity index is 0.000000396. The molecular weight excluding hydrogens is 234 g/mol. The summed E-state index contributed by atoms with van der Waals surface area (Å²) in [5.74, 6) is 0.380. The quantitative estimate of drug-likeness (QED) is 0.762. The highest BCUT2D eigenvalue weighted by Crippen LogP contribution is 2.13. The summed E-state index contributed by atoms with van der Waals surface area (Å²) in [4.78, 5) is 7.77. The van der Waals surface area contributed by atoms with Gasteiger partial charge in [0.05, 0.1) is 6.20 Å². The number of nitrogens with two attached hydrogens (primary N) is 1. The van der Waals surface area contributed by atoms with Gasteiger partial charge in [0.2, 0.25) is 0 Å². The van der Waals surface area contributed by atoms with Crippen molar-refractivity contribution in [2.45, 2.75) is 13.8 Å². The Bertz CT molecular complexity index is 397. The number of aromatic nitrogens is 4. The highest BCUT2D eigenvalue weighted by molar-refractivity contribution is 9.10. The molecular formula is C7H10BrN5. The molecule has 0 atom stereocenters. The zero-order valence-electron chi connectivity index (χ0n) is 7.40. The second-order valence-electron chi connectivity index (χ2n) is 1.96. The zero-order valence-corrected chi connectivity index (χ0v) is 8.98. The summed E-state index contributed by atoms with van der Waals surface area (Å²) in [6.07, 6.45) is 3.01. The van der Waals surface area contributed by atoms with E-state index < -0.39 is 0 Å². The largest absolute Gasteiger partial charge is 0.381 e. The molecule has 0 amide bonds. The number of nitrogens with zero attached hydrogens (tertiary/aromatic N) is 4. The molecule has 0 saturated heterocycles. The van der Waals surface area contributed by atoms with Crippen molar-refractivity contribution in [1.82, 2.24) is 19.6 Å². The molecule has 0 saturated carbocycles. The molecule has 0 fully saturated rings. The first-order chi connectivity index (χ1) is 6.29. The Hall–Kier alpha value is -1.17. The maximum Gasteiger partial charge on any atom is 0.197 e. The molecule has 0 spiro atoms. The smallest absolute Gasteiger partial charge is 0.197 e. The molecule has 13 heavy (non-hydrogen) atoms. The van der Waals surface area contributed by atoms with Gasteiger partial charge in [0, 0.05) is 0 Å². The van der Waals surface area contributed by atoms with E-state index in [4.69, 9.17) is 5.73 Å². The number of rotatable bonds is 0. The van der Waals surface area contributed by atoms with Crippen molar-refractivity contribution in [1.29, 1.82) is 0 Å². The van der Waals surface area contributed by atoms with Crippen LogP contribution in [0.2, 0.25) is 0 Å². The first kappa shape index (κ1) is 9.91. The Morgan fingerprint density at radius 3 is 2.69 bits per heavy atom. The molecule has 0 aliphatic carbocycles. The highest BCUT2D eigenvalue weighted by Gasteiger charge is 2.03. The van der Waals surface area contributed by atoms with Gasteiger partial charge in [-0.3, -0.25) is 0 Å². The van der Waals surface area contributed by atoms with Crippen molar-refractivity contribution in [3.63, 3.8) is 0 Å². The van der Waals surface area contributed by atoms with Gasteiger partial charge >= 0.3 is 0 Å². The molecule has 2 aromatic heterocycles. The molecule has 0 aromatic carbocycles. The number of anilines is 1. The second kappa shape index (κ2) is 4.18. The lowest BCUT2D eigenvalue weighted by Crippen LogP contribution is -1.99. The van der Waals surface area contributed by atoms with Gasteiger partial charge in [-0.1, -0.05) is 13.8 Å². The number of halogens is 1. The summed E-state index contributed by atoms with van der Waals surface area (Å²) < 4.78 is 2.34. The number of hydrogen-bond donors (Lipinski definition) is 1. The van der Waals surface area contributed by atoms with Crippen LogP contribution in [-0.2, 0) is 0 Å². The average molecular weight is 244 g/mol. The Kier molecular flexibility index (Phi) is 3.18. The van der Waals surface area contributed by atoms with Gasteiger partial charge in [0.25, 0.3) is 0 Å². The van der Waals surface area contributed by atoms with Crippen molar-refractivity contribution in [2.24, 2.45) is 0 Å². The van der Waals surface area contributed by atoms with Crippen molar-refractivity contribution < 1.29 is 0 Å². The van der Waals surface area contributed by atoms with E-state index in [1.54, 1.807) is 10.7 Å². The molecule has 0 aliphatic rings. The second-order valence-corrected chi connectivity index (χ2v) is 2.77. The Labute approximate surface area is 84.1 Å². The van der Waals surface area contributed by atoms with E-state index in [9.17, 15) is 0 Å². The van der Waals surface area contributed by atoms with E-state index in [1.807, 2.05) is 13.8 Å². The van der Waals surface area contributed by atoms with Crippen LogP contribution in [0, 0.1) is 0 Å². The fourth-order valence-corrected chi connectivity index (χ4v) is 1.17. The summed E-state index contributed by atoms with van der Waals surface area (Å²) >= 11 is 3.26. The summed E-state index contributed by atoms with van der Waals surface area (Å²) in [6, 6.07) is 0. The third-order valence-electron chi connectivity index (χ3n) is 1.29. The van der Waals surface area contributed by atoms with Gasteiger partial charge in [0.1, 0.15) is 10.9 Å². The molecule has 70 valence electrons. The Morgan fingerprint density at radius 2 is 2.08 bits per heavy atom. The number of hydrogen-bond acceptors (Lipinski definition) is 4. The molecule has 6 heteroatoms. The van der Waals surface area contributed by atoms with Crippen LogP contribution in [0.25, 0.3) is 5.65 Å². The maximum atomic E-state index is 5.51. The molecule has 0 aliphatic heterocycles. The van der Waals surface area contributed by atoms with Crippen LogP contribution in [0.15, 0.2) is 17.1 Å². The summed E-state index contributed by atoms with van der Waals surface area (Å²) in [6.45, 7) is 4.00. The monoisotopic (exact) mass is 243 g/mol. The molecule has 2 aromatic rings. The van der Waals surface area contributed by atoms with Gasteiger partial charge in [-0.25, -0.2) is 14.5 Å². The number of imidazole rings is 1. The van der Waals surface area contributed by atoms with Crippen LogP contribution in [0.4, 0.5) is 5.82 Å². The van der Waals surface area contributed by atoms with E-state index in [0.717, 1.165) is 4.60 Å². The lowest BCUT2D eigenvalue weighted by molar-refractivity contribution is 0.885. The van der Waals surface area contributed by atoms with Crippen molar-refractivity contribution in [3.8, 4) is 0 Å². The normalized spacial score (nSPS) is 9.46. The number of fused-ring (bicyclic) bond motifs is 1. The fraction of sp³-hybridized carbons (Fsp3) is 0.286. The van der Waals surface area contributed by atoms with Gasteiger partial charge < -0.3 is 5.73 Å². The number of nitrogen functional groups attached to an aromatic ring is 1. The first-order valence-corrected chi connectivity index (χ1v) is 4.68. The van der Waals surface area contributed by atoms with Gasteiger partial charge in [-0.15, -0.1) is 0 Å². The summed E-state index contributed by atoms with van der Waals surface area (Å²) in [5.41, 5.74) is 6.08. The van der Waals surface area contributed by atoms with Crippen LogP contribution in [0.5, 0.6) is 0 Å². The molecule has 2 rings (SSSR count). The van der Waals surface area contributed by atoms with E-state index in [-0.39, 0.29) is 0 Å². The first-order valence-electron chi connectivity index (χ1n) is 3.89. The van der Waals surface area contributed by atoms with E-state index in [1.165, 1.54) is 6.33 Å². The van der Waals surface area contributed by atoms with Gasteiger partial charge in [-0.05, 0) is 15.9 Å². The van der Waals surface area contributed by atoms with Crippen LogP contribution in [0.3, 0.4) is 0 Å². The molecule has 0 unspecified atom stereocenters. The highest BCUT2D eigenvalue weighted by atomic mass is 79.9. The summed E-state index contributed by atoms with van der Waals surface area (Å²) in [5, 5.41) is 3.92. The molecule has 0 radical (unpaired) electrons. The van der Waals surface area contributed by atoms with E-state index >= 15 is 0 Å².